The highest BCUT2D eigenvalue weighted by Crippen LogP contribution is 2.38. The summed E-state index contributed by atoms with van der Waals surface area (Å²) in [5, 5.41) is 9.72. The zero-order chi connectivity index (χ0) is 27.4. The van der Waals surface area contributed by atoms with Crippen LogP contribution in [0.25, 0.3) is 0 Å². The normalized spacial score (nSPS) is 20.4. The highest BCUT2D eigenvalue weighted by Gasteiger charge is 2.36. The molecule has 39 heavy (non-hydrogen) atoms. The minimum absolute atomic E-state index is 0.0565. The summed E-state index contributed by atoms with van der Waals surface area (Å²) >= 11 is 0. The standard InChI is InChI=1S/C29H39N7O3/c1-4-7-20-18-36(22-8-5-6-9-22)26-24(35(2)28(20)38)17-31-29(34-26)33-23-11-10-19(16-25(23)39-3)27(37)32-21-12-14-30-15-13-21/h4,10-11,16-17,20-22,30H,1,5-9,12-15,18H2,2-3H3,(H,32,37)(H,31,33,34)/t20-/m0/s1. The molecule has 1 aliphatic carbocycles. The van der Waals surface area contributed by atoms with Gasteiger partial charge in [-0.15, -0.1) is 6.58 Å². The van der Waals surface area contributed by atoms with Crippen molar-refractivity contribution in [3.8, 4) is 5.75 Å². The third-order valence-corrected chi connectivity index (χ3v) is 8.08. The summed E-state index contributed by atoms with van der Waals surface area (Å²) in [4.78, 5) is 39.6. The molecule has 0 bridgehead atoms. The number of methoxy groups -OCH3 is 1. The van der Waals surface area contributed by atoms with Gasteiger partial charge in [0.15, 0.2) is 5.82 Å². The smallest absolute Gasteiger partial charge is 0.251 e. The molecule has 208 valence electrons. The Morgan fingerprint density at radius 1 is 1.23 bits per heavy atom. The van der Waals surface area contributed by atoms with Crippen molar-refractivity contribution in [2.75, 3.05) is 48.9 Å². The quantitative estimate of drug-likeness (QED) is 0.441. The fourth-order valence-electron chi connectivity index (χ4n) is 5.87. The van der Waals surface area contributed by atoms with Crippen molar-refractivity contribution in [1.29, 1.82) is 0 Å². The zero-order valence-corrected chi connectivity index (χ0v) is 22.9. The Morgan fingerprint density at radius 2 is 2.00 bits per heavy atom. The van der Waals surface area contributed by atoms with Crippen LogP contribution >= 0.6 is 0 Å². The molecule has 3 heterocycles. The Morgan fingerprint density at radius 3 is 2.72 bits per heavy atom. The first kappa shape index (κ1) is 26.9. The highest BCUT2D eigenvalue weighted by atomic mass is 16.5. The van der Waals surface area contributed by atoms with Crippen LogP contribution < -0.4 is 30.5 Å². The molecule has 3 aliphatic rings. The molecular weight excluding hydrogens is 494 g/mol. The van der Waals surface area contributed by atoms with Crippen molar-refractivity contribution in [3.63, 3.8) is 0 Å². The first-order chi connectivity index (χ1) is 19.0. The van der Waals surface area contributed by atoms with Gasteiger partial charge in [0, 0.05) is 31.2 Å². The summed E-state index contributed by atoms with van der Waals surface area (Å²) in [6.45, 7) is 6.30. The lowest BCUT2D eigenvalue weighted by Gasteiger charge is -2.31. The van der Waals surface area contributed by atoms with Crippen LogP contribution in [0.4, 0.5) is 23.1 Å². The van der Waals surface area contributed by atoms with E-state index >= 15 is 0 Å². The minimum atomic E-state index is -0.178. The van der Waals surface area contributed by atoms with Gasteiger partial charge in [-0.1, -0.05) is 18.9 Å². The lowest BCUT2D eigenvalue weighted by molar-refractivity contribution is -0.121. The number of fused-ring (bicyclic) bond motifs is 1. The Hall–Kier alpha value is -3.66. The number of ether oxygens (including phenoxy) is 1. The highest BCUT2D eigenvalue weighted by molar-refractivity contribution is 5.99. The minimum Gasteiger partial charge on any atom is -0.495 e. The van der Waals surface area contributed by atoms with Gasteiger partial charge in [0.25, 0.3) is 5.91 Å². The molecule has 2 amide bonds. The molecule has 2 aliphatic heterocycles. The molecule has 0 unspecified atom stereocenters. The van der Waals surface area contributed by atoms with E-state index in [1.807, 2.05) is 12.1 Å². The zero-order valence-electron chi connectivity index (χ0n) is 22.9. The summed E-state index contributed by atoms with van der Waals surface area (Å²) in [6.07, 6.45) is 10.5. The van der Waals surface area contributed by atoms with Gasteiger partial charge in [0.2, 0.25) is 11.9 Å². The SMILES string of the molecule is C=CC[C@H]1CN(C2CCCC2)c2nc(Nc3ccc(C(=O)NC4CCNCC4)cc3OC)ncc2N(C)C1=O. The van der Waals surface area contributed by atoms with E-state index in [2.05, 4.69) is 32.4 Å². The number of allylic oxidation sites excluding steroid dienone is 1. The van der Waals surface area contributed by atoms with E-state index in [0.717, 1.165) is 44.6 Å². The predicted octanol–water partition coefficient (Wildman–Crippen LogP) is 3.63. The van der Waals surface area contributed by atoms with Gasteiger partial charge in [-0.2, -0.15) is 4.98 Å². The molecule has 0 spiro atoms. The van der Waals surface area contributed by atoms with Crippen molar-refractivity contribution >= 4 is 35.0 Å². The molecule has 1 atom stereocenters. The number of anilines is 4. The first-order valence-corrected chi connectivity index (χ1v) is 14.0. The average Bonchev–Trinajstić information content (AvgIpc) is 3.47. The summed E-state index contributed by atoms with van der Waals surface area (Å²) in [5.41, 5.74) is 1.91. The number of nitrogens with zero attached hydrogens (tertiary/aromatic N) is 4. The van der Waals surface area contributed by atoms with E-state index in [1.54, 1.807) is 37.4 Å². The van der Waals surface area contributed by atoms with Crippen LogP contribution in [-0.4, -0.2) is 67.7 Å². The maximum atomic E-state index is 13.3. The van der Waals surface area contributed by atoms with E-state index in [0.29, 0.717) is 47.6 Å². The summed E-state index contributed by atoms with van der Waals surface area (Å²) in [6, 6.07) is 5.84. The third-order valence-electron chi connectivity index (χ3n) is 8.08. The first-order valence-electron chi connectivity index (χ1n) is 14.0. The molecule has 1 aromatic carbocycles. The summed E-state index contributed by atoms with van der Waals surface area (Å²) < 4.78 is 5.62. The Kier molecular flexibility index (Phi) is 8.30. The van der Waals surface area contributed by atoms with Crippen LogP contribution in [0.15, 0.2) is 37.1 Å². The van der Waals surface area contributed by atoms with E-state index in [4.69, 9.17) is 9.72 Å². The molecule has 1 saturated carbocycles. The summed E-state index contributed by atoms with van der Waals surface area (Å²) in [5.74, 6) is 1.46. The molecule has 2 aromatic rings. The van der Waals surface area contributed by atoms with Gasteiger partial charge in [0.1, 0.15) is 11.4 Å². The second kappa shape index (κ2) is 12.0. The second-order valence-corrected chi connectivity index (χ2v) is 10.6. The molecule has 10 heteroatoms. The molecular formula is C29H39N7O3. The van der Waals surface area contributed by atoms with Crippen LogP contribution in [-0.2, 0) is 4.79 Å². The number of hydrogen-bond acceptors (Lipinski definition) is 8. The molecule has 5 rings (SSSR count). The molecule has 1 aromatic heterocycles. The van der Waals surface area contributed by atoms with Crippen molar-refractivity contribution in [2.24, 2.45) is 5.92 Å². The topological polar surface area (TPSA) is 112 Å². The number of aromatic nitrogens is 2. The Labute approximate surface area is 230 Å². The van der Waals surface area contributed by atoms with Crippen molar-refractivity contribution in [1.82, 2.24) is 20.6 Å². The van der Waals surface area contributed by atoms with Gasteiger partial charge in [-0.3, -0.25) is 9.59 Å². The Balaban J connectivity index is 1.40. The van der Waals surface area contributed by atoms with Crippen LogP contribution in [0.2, 0.25) is 0 Å². The third kappa shape index (κ3) is 5.85. The van der Waals surface area contributed by atoms with Crippen molar-refractivity contribution < 1.29 is 14.3 Å². The van der Waals surface area contributed by atoms with Gasteiger partial charge in [-0.05, 0) is 63.4 Å². The molecule has 0 radical (unpaired) electrons. The predicted molar refractivity (Wildman–Crippen MR) is 153 cm³/mol. The lowest BCUT2D eigenvalue weighted by atomic mass is 10.0. The van der Waals surface area contributed by atoms with Gasteiger partial charge >= 0.3 is 0 Å². The number of nitrogens with one attached hydrogen (secondary N) is 3. The van der Waals surface area contributed by atoms with Gasteiger partial charge in [0.05, 0.1) is 24.9 Å². The fraction of sp³-hybridized carbons (Fsp3) is 0.517. The number of rotatable bonds is 8. The van der Waals surface area contributed by atoms with Crippen LogP contribution in [0.3, 0.4) is 0 Å². The fourth-order valence-corrected chi connectivity index (χ4v) is 5.87. The van der Waals surface area contributed by atoms with Crippen LogP contribution in [0.5, 0.6) is 5.75 Å². The largest absolute Gasteiger partial charge is 0.495 e. The van der Waals surface area contributed by atoms with E-state index in [9.17, 15) is 9.59 Å². The van der Waals surface area contributed by atoms with E-state index in [1.165, 1.54) is 12.8 Å². The van der Waals surface area contributed by atoms with Gasteiger partial charge in [-0.25, -0.2) is 4.98 Å². The van der Waals surface area contributed by atoms with Crippen LogP contribution in [0, 0.1) is 5.92 Å². The Bertz CT molecular complexity index is 1210. The summed E-state index contributed by atoms with van der Waals surface area (Å²) in [7, 11) is 3.37. The van der Waals surface area contributed by atoms with Crippen LogP contribution in [0.1, 0.15) is 55.3 Å². The number of carbonyl (C=O) groups excluding carboxylic acids is 2. The number of hydrogen-bond donors (Lipinski definition) is 3. The monoisotopic (exact) mass is 533 g/mol. The van der Waals surface area contributed by atoms with Gasteiger partial charge < -0.3 is 30.5 Å². The van der Waals surface area contributed by atoms with E-state index in [-0.39, 0.29) is 23.8 Å². The number of carbonyl (C=O) groups is 2. The molecule has 10 nitrogen and oxygen atoms in total. The lowest BCUT2D eigenvalue weighted by Crippen LogP contribution is -2.42. The average molecular weight is 534 g/mol. The number of piperidine rings is 1. The van der Waals surface area contributed by atoms with Crippen molar-refractivity contribution in [2.45, 2.75) is 57.0 Å². The molecule has 3 N–H and O–H groups in total. The molecule has 2 fully saturated rings. The number of amides is 2. The second-order valence-electron chi connectivity index (χ2n) is 10.6. The molecule has 1 saturated heterocycles. The van der Waals surface area contributed by atoms with E-state index < -0.39 is 0 Å². The van der Waals surface area contributed by atoms with Crippen molar-refractivity contribution in [3.05, 3.63) is 42.6 Å². The number of benzene rings is 1. The maximum Gasteiger partial charge on any atom is 0.251 e. The maximum absolute atomic E-state index is 13.3.